The summed E-state index contributed by atoms with van der Waals surface area (Å²) in [6.45, 7) is 4.92. The standard InChI is InChI=1S/C75H55N3/c1-75(2)67-49-63(77(61-42-40-56(41-43-61)52-23-9-4-10-24-52)62-32-20-30-59(48-62)54-27-13-6-14-28-54)44-45-64(67)66-50-69-72(65-33-15-16-34-68(65)78(69)70-35-17-18-46-76-70)73(74(66)75)71(57-38-36-55(37-39-57)51-21-7-3-8-22-51)60-31-19-29-58(47-60)53-25-11-5-12-26-53/h3-50,71H,1-2H3. The third-order valence-corrected chi connectivity index (χ3v) is 16.1. The van der Waals surface area contributed by atoms with E-state index in [4.69, 9.17) is 4.98 Å². The van der Waals surface area contributed by atoms with E-state index in [1.54, 1.807) is 0 Å². The molecule has 0 spiro atoms. The average molecular weight is 998 g/mol. The molecule has 3 heteroatoms. The third-order valence-electron chi connectivity index (χ3n) is 16.1. The van der Waals surface area contributed by atoms with Crippen molar-refractivity contribution in [2.45, 2.75) is 25.2 Å². The maximum Gasteiger partial charge on any atom is 0.137 e. The van der Waals surface area contributed by atoms with Crippen molar-refractivity contribution in [3.63, 3.8) is 0 Å². The predicted molar refractivity (Wildman–Crippen MR) is 326 cm³/mol. The molecule has 2 aromatic heterocycles. The number of benzene rings is 11. The Balaban J connectivity index is 1.03. The molecule has 370 valence electrons. The second-order valence-corrected chi connectivity index (χ2v) is 21.1. The fourth-order valence-electron chi connectivity index (χ4n) is 12.5. The fraction of sp³-hybridized carbons (Fsp3) is 0.0533. The highest BCUT2D eigenvalue weighted by Gasteiger charge is 2.42. The second-order valence-electron chi connectivity index (χ2n) is 21.1. The number of nitrogens with zero attached hydrogens (tertiary/aromatic N) is 3. The lowest BCUT2D eigenvalue weighted by molar-refractivity contribution is 0.650. The molecular formula is C75H55N3. The Morgan fingerprint density at radius 3 is 1.51 bits per heavy atom. The summed E-state index contributed by atoms with van der Waals surface area (Å²) in [6.07, 6.45) is 1.91. The minimum Gasteiger partial charge on any atom is -0.310 e. The van der Waals surface area contributed by atoms with Crippen LogP contribution >= 0.6 is 0 Å². The maximum atomic E-state index is 5.06. The lowest BCUT2D eigenvalue weighted by Gasteiger charge is -2.31. The zero-order chi connectivity index (χ0) is 52.2. The Kier molecular flexibility index (Phi) is 11.6. The van der Waals surface area contributed by atoms with E-state index >= 15 is 0 Å². The molecule has 1 atom stereocenters. The van der Waals surface area contributed by atoms with Gasteiger partial charge >= 0.3 is 0 Å². The van der Waals surface area contributed by atoms with E-state index in [1.165, 1.54) is 94.2 Å². The third kappa shape index (κ3) is 8.11. The smallest absolute Gasteiger partial charge is 0.137 e. The number of para-hydroxylation sites is 1. The molecule has 14 rings (SSSR count). The Morgan fingerprint density at radius 2 is 0.885 bits per heavy atom. The molecule has 0 radical (unpaired) electrons. The minimum absolute atomic E-state index is 0.160. The van der Waals surface area contributed by atoms with Crippen molar-refractivity contribution < 1.29 is 0 Å². The minimum atomic E-state index is -0.452. The highest BCUT2D eigenvalue weighted by molar-refractivity contribution is 6.14. The molecule has 0 saturated heterocycles. The molecule has 3 nitrogen and oxygen atoms in total. The molecule has 2 heterocycles. The van der Waals surface area contributed by atoms with Crippen LogP contribution in [0.3, 0.4) is 0 Å². The summed E-state index contributed by atoms with van der Waals surface area (Å²) < 4.78 is 2.39. The molecule has 78 heavy (non-hydrogen) atoms. The van der Waals surface area contributed by atoms with E-state index in [2.05, 4.69) is 302 Å². The highest BCUT2D eigenvalue weighted by atomic mass is 15.1. The second kappa shape index (κ2) is 19.4. The monoisotopic (exact) mass is 997 g/mol. The number of rotatable bonds is 11. The van der Waals surface area contributed by atoms with Gasteiger partial charge in [0.1, 0.15) is 5.82 Å². The first-order valence-corrected chi connectivity index (χ1v) is 27.0. The fourth-order valence-corrected chi connectivity index (χ4v) is 12.5. The summed E-state index contributed by atoms with van der Waals surface area (Å²) in [5.74, 6) is 0.733. The zero-order valence-corrected chi connectivity index (χ0v) is 43.6. The van der Waals surface area contributed by atoms with Crippen molar-refractivity contribution in [3.05, 3.63) is 319 Å². The van der Waals surface area contributed by atoms with E-state index in [0.29, 0.717) is 0 Å². The van der Waals surface area contributed by atoms with Crippen molar-refractivity contribution in [1.82, 2.24) is 9.55 Å². The van der Waals surface area contributed by atoms with Gasteiger partial charge in [-0.2, -0.15) is 0 Å². The molecule has 0 aliphatic heterocycles. The van der Waals surface area contributed by atoms with E-state index in [-0.39, 0.29) is 5.92 Å². The topological polar surface area (TPSA) is 21.1 Å². The number of hydrogen-bond donors (Lipinski definition) is 0. The van der Waals surface area contributed by atoms with Crippen LogP contribution in [0.25, 0.3) is 83.3 Å². The van der Waals surface area contributed by atoms with E-state index < -0.39 is 5.41 Å². The van der Waals surface area contributed by atoms with Crippen molar-refractivity contribution in [3.8, 4) is 61.5 Å². The first-order valence-electron chi connectivity index (χ1n) is 27.0. The SMILES string of the molecule is CC1(C)c2cc(N(c3ccc(-c4ccccc4)cc3)c3cccc(-c4ccccc4)c3)ccc2-c2cc3c(c(C(c4ccc(-c5ccccc5)cc4)c4cccc(-c5ccccc5)c4)c21)c1ccccc1n3-c1ccccn1. The van der Waals surface area contributed by atoms with Gasteiger partial charge in [-0.05, 0) is 144 Å². The van der Waals surface area contributed by atoms with Crippen LogP contribution in [0.15, 0.2) is 291 Å². The molecule has 1 aliphatic rings. The first-order chi connectivity index (χ1) is 38.5. The van der Waals surface area contributed by atoms with Gasteiger partial charge in [0, 0.05) is 45.4 Å². The van der Waals surface area contributed by atoms with Crippen LogP contribution in [0, 0.1) is 0 Å². The van der Waals surface area contributed by atoms with Gasteiger partial charge < -0.3 is 4.90 Å². The molecule has 0 bridgehead atoms. The molecule has 11 aromatic carbocycles. The highest BCUT2D eigenvalue weighted by Crippen LogP contribution is 2.58. The van der Waals surface area contributed by atoms with Crippen LogP contribution in [-0.4, -0.2) is 9.55 Å². The molecule has 0 saturated carbocycles. The van der Waals surface area contributed by atoms with Crippen molar-refractivity contribution in [1.29, 1.82) is 0 Å². The summed E-state index contributed by atoms with van der Waals surface area (Å²) in [5.41, 5.74) is 23.6. The lowest BCUT2D eigenvalue weighted by Crippen LogP contribution is -2.20. The molecule has 0 N–H and O–H groups in total. The average Bonchev–Trinajstić information content (AvgIpc) is 4.20. The zero-order valence-electron chi connectivity index (χ0n) is 43.6. The Bertz CT molecular complexity index is 4300. The summed E-state index contributed by atoms with van der Waals surface area (Å²) in [5, 5.41) is 2.45. The molecular weight excluding hydrogens is 943 g/mol. The number of pyridine rings is 1. The van der Waals surface area contributed by atoms with Crippen LogP contribution in [0.1, 0.15) is 47.6 Å². The normalized spacial score (nSPS) is 12.8. The van der Waals surface area contributed by atoms with Gasteiger partial charge in [-0.1, -0.05) is 238 Å². The van der Waals surface area contributed by atoms with E-state index in [0.717, 1.165) is 33.9 Å². The molecule has 1 aliphatic carbocycles. The van der Waals surface area contributed by atoms with Gasteiger partial charge in [0.15, 0.2) is 0 Å². The molecule has 1 unspecified atom stereocenters. The van der Waals surface area contributed by atoms with E-state index in [9.17, 15) is 0 Å². The Morgan fingerprint density at radius 1 is 0.372 bits per heavy atom. The number of fused-ring (bicyclic) bond motifs is 6. The molecule has 0 amide bonds. The quantitative estimate of drug-likeness (QED) is 0.120. The van der Waals surface area contributed by atoms with Gasteiger partial charge in [0.25, 0.3) is 0 Å². The lowest BCUT2D eigenvalue weighted by atomic mass is 9.72. The van der Waals surface area contributed by atoms with Crippen molar-refractivity contribution in [2.24, 2.45) is 0 Å². The summed E-state index contributed by atoms with van der Waals surface area (Å²) in [4.78, 5) is 7.49. The molecule has 13 aromatic rings. The van der Waals surface area contributed by atoms with Gasteiger partial charge in [0.2, 0.25) is 0 Å². The number of aromatic nitrogens is 2. The predicted octanol–water partition coefficient (Wildman–Crippen LogP) is 19.8. The Hall–Kier alpha value is -9.83. The van der Waals surface area contributed by atoms with Gasteiger partial charge in [-0.15, -0.1) is 0 Å². The summed E-state index contributed by atoms with van der Waals surface area (Å²) in [6, 6.07) is 104. The number of anilines is 3. The van der Waals surface area contributed by atoms with Crippen LogP contribution in [0.4, 0.5) is 17.1 Å². The van der Waals surface area contributed by atoms with Crippen LogP contribution < -0.4 is 4.90 Å². The van der Waals surface area contributed by atoms with Crippen LogP contribution in [0.5, 0.6) is 0 Å². The van der Waals surface area contributed by atoms with Crippen molar-refractivity contribution >= 4 is 38.9 Å². The van der Waals surface area contributed by atoms with Gasteiger partial charge in [-0.3, -0.25) is 4.57 Å². The summed E-state index contributed by atoms with van der Waals surface area (Å²) in [7, 11) is 0. The van der Waals surface area contributed by atoms with Crippen LogP contribution in [-0.2, 0) is 5.41 Å². The maximum absolute atomic E-state index is 5.06. The summed E-state index contributed by atoms with van der Waals surface area (Å²) >= 11 is 0. The van der Waals surface area contributed by atoms with Gasteiger partial charge in [-0.25, -0.2) is 4.98 Å². The van der Waals surface area contributed by atoms with Crippen molar-refractivity contribution in [2.75, 3.05) is 4.90 Å². The Labute approximate surface area is 456 Å². The van der Waals surface area contributed by atoms with Crippen LogP contribution in [0.2, 0.25) is 0 Å². The molecule has 0 fully saturated rings. The first kappa shape index (κ1) is 46.7. The number of hydrogen-bond acceptors (Lipinski definition) is 2. The largest absolute Gasteiger partial charge is 0.310 e. The van der Waals surface area contributed by atoms with Gasteiger partial charge in [0.05, 0.1) is 11.0 Å². The van der Waals surface area contributed by atoms with E-state index in [1.807, 2.05) is 12.3 Å².